The van der Waals surface area contributed by atoms with Gasteiger partial charge in [-0.25, -0.2) is 4.99 Å². The quantitative estimate of drug-likeness (QED) is 0.399. The van der Waals surface area contributed by atoms with E-state index in [0.717, 1.165) is 11.8 Å². The molecule has 11 heteroatoms. The summed E-state index contributed by atoms with van der Waals surface area (Å²) in [5, 5.41) is 4.39. The highest BCUT2D eigenvalue weighted by molar-refractivity contribution is 6.31. The topological polar surface area (TPSA) is 60.3 Å². The van der Waals surface area contributed by atoms with Crippen molar-refractivity contribution in [2.75, 3.05) is 18.5 Å². The number of nitrogens with one attached hydrogen (secondary N) is 1. The molecule has 2 fully saturated rings. The number of rotatable bonds is 5. The molecule has 0 radical (unpaired) electrons. The Morgan fingerprint density at radius 3 is 2.15 bits per heavy atom. The van der Waals surface area contributed by atoms with Gasteiger partial charge in [-0.15, -0.1) is 0 Å². The SMILES string of the molecule is CCN1C(=NC)NC2=C(C=O)N(c3ccc(Cl)cc3)C(C3CCC(C(F)(F)F)CC3)=NC21c1ccc(Cl)cc1. The van der Waals surface area contributed by atoms with Crippen molar-refractivity contribution in [1.82, 2.24) is 10.2 Å². The predicted octanol–water partition coefficient (Wildman–Crippen LogP) is 6.76. The van der Waals surface area contributed by atoms with Crippen LogP contribution in [0.3, 0.4) is 0 Å². The summed E-state index contributed by atoms with van der Waals surface area (Å²) < 4.78 is 40.6. The molecule has 6 nitrogen and oxygen atoms in total. The Morgan fingerprint density at radius 2 is 1.64 bits per heavy atom. The van der Waals surface area contributed by atoms with Crippen LogP contribution in [0.4, 0.5) is 18.9 Å². The van der Waals surface area contributed by atoms with E-state index in [1.54, 1.807) is 48.3 Å². The van der Waals surface area contributed by atoms with E-state index in [2.05, 4.69) is 10.3 Å². The van der Waals surface area contributed by atoms with Gasteiger partial charge in [0.05, 0.1) is 11.6 Å². The van der Waals surface area contributed by atoms with Crippen molar-refractivity contribution >= 4 is 47.0 Å². The van der Waals surface area contributed by atoms with Crippen molar-refractivity contribution in [2.45, 2.75) is 44.4 Å². The molecule has 2 aliphatic heterocycles. The molecule has 0 aromatic heterocycles. The third-order valence-corrected chi connectivity index (χ3v) is 8.26. The molecule has 1 atom stereocenters. The minimum atomic E-state index is -4.23. The molecule has 0 bridgehead atoms. The van der Waals surface area contributed by atoms with E-state index in [4.69, 9.17) is 28.2 Å². The molecule has 3 aliphatic rings. The first-order valence-electron chi connectivity index (χ1n) is 12.8. The van der Waals surface area contributed by atoms with Crippen LogP contribution in [-0.4, -0.2) is 42.7 Å². The first-order valence-corrected chi connectivity index (χ1v) is 13.6. The number of aliphatic imine (C=N–C) groups is 2. The number of carbonyl (C=O) groups excluding carboxylic acids is 1. The lowest BCUT2D eigenvalue weighted by molar-refractivity contribution is -0.182. The van der Waals surface area contributed by atoms with Crippen LogP contribution in [0, 0.1) is 11.8 Å². The summed E-state index contributed by atoms with van der Waals surface area (Å²) in [6.07, 6.45) is -2.88. The fourth-order valence-corrected chi connectivity index (χ4v) is 6.14. The van der Waals surface area contributed by atoms with Crippen LogP contribution < -0.4 is 10.2 Å². The summed E-state index contributed by atoms with van der Waals surface area (Å²) in [5.41, 5.74) is 1.05. The average molecular weight is 578 g/mol. The van der Waals surface area contributed by atoms with E-state index in [1.165, 1.54) is 0 Å². The van der Waals surface area contributed by atoms with Crippen LogP contribution in [0.1, 0.15) is 38.2 Å². The first-order chi connectivity index (χ1) is 18.6. The van der Waals surface area contributed by atoms with Gasteiger partial charge in [0.25, 0.3) is 0 Å². The standard InChI is InChI=1S/C28H28Cl2F3N5O/c1-3-37-26(34-2)35-24-23(16-39)38(22-14-12-21(30)13-15-22)25(17-4-6-19(7-5-17)28(31,32)33)36-27(24,37)18-8-10-20(29)11-9-18/h8-17,19H,3-7H2,1-2H3,(H,34,35). The van der Waals surface area contributed by atoms with Crippen molar-refractivity contribution in [2.24, 2.45) is 21.8 Å². The highest BCUT2D eigenvalue weighted by Gasteiger charge is 2.55. The monoisotopic (exact) mass is 577 g/mol. The number of hydrogen-bond donors (Lipinski definition) is 1. The number of amidine groups is 1. The van der Waals surface area contributed by atoms with E-state index in [1.807, 2.05) is 24.0 Å². The summed E-state index contributed by atoms with van der Waals surface area (Å²) in [7, 11) is 1.65. The molecule has 39 heavy (non-hydrogen) atoms. The van der Waals surface area contributed by atoms with Crippen LogP contribution in [-0.2, 0) is 10.5 Å². The van der Waals surface area contributed by atoms with E-state index >= 15 is 0 Å². The molecule has 1 aliphatic carbocycles. The molecular formula is C28H28Cl2F3N5O. The van der Waals surface area contributed by atoms with Gasteiger partial charge in [-0.3, -0.25) is 14.7 Å². The van der Waals surface area contributed by atoms with Gasteiger partial charge in [0.1, 0.15) is 11.5 Å². The Hall–Kier alpha value is -3.04. The highest BCUT2D eigenvalue weighted by Crippen LogP contribution is 2.49. The van der Waals surface area contributed by atoms with Crippen molar-refractivity contribution in [3.05, 3.63) is 75.5 Å². The van der Waals surface area contributed by atoms with Crippen molar-refractivity contribution < 1.29 is 18.0 Å². The minimum Gasteiger partial charge on any atom is -0.324 e. The van der Waals surface area contributed by atoms with Gasteiger partial charge < -0.3 is 10.2 Å². The molecular weight excluding hydrogens is 550 g/mol. The van der Waals surface area contributed by atoms with Crippen LogP contribution >= 0.6 is 23.2 Å². The van der Waals surface area contributed by atoms with Gasteiger partial charge in [-0.1, -0.05) is 35.3 Å². The molecule has 5 rings (SSSR count). The zero-order chi connectivity index (χ0) is 27.9. The zero-order valence-corrected chi connectivity index (χ0v) is 23.0. The van der Waals surface area contributed by atoms with E-state index in [9.17, 15) is 18.0 Å². The van der Waals surface area contributed by atoms with Crippen LogP contribution in [0.5, 0.6) is 0 Å². The number of likely N-dealkylation sites (N-methyl/N-ethyl adjacent to an activating group) is 1. The van der Waals surface area contributed by atoms with Gasteiger partial charge in [0.2, 0.25) is 11.6 Å². The van der Waals surface area contributed by atoms with Gasteiger partial charge in [-0.05, 0) is 69.0 Å². The molecule has 2 aromatic rings. The molecule has 1 unspecified atom stereocenters. The third-order valence-electron chi connectivity index (χ3n) is 7.76. The summed E-state index contributed by atoms with van der Waals surface area (Å²) in [4.78, 5) is 26.5. The molecule has 0 spiro atoms. The average Bonchev–Trinajstić information content (AvgIpc) is 3.26. The Bertz CT molecular complexity index is 1330. The maximum Gasteiger partial charge on any atom is 0.391 e. The molecule has 2 heterocycles. The lowest BCUT2D eigenvalue weighted by Crippen LogP contribution is -2.51. The Kier molecular flexibility index (Phi) is 7.41. The number of benzene rings is 2. The van der Waals surface area contributed by atoms with Gasteiger partial charge >= 0.3 is 6.18 Å². The second-order valence-corrected chi connectivity index (χ2v) is 10.7. The number of fused-ring (bicyclic) bond motifs is 1. The van der Waals surface area contributed by atoms with Crippen molar-refractivity contribution in [3.63, 3.8) is 0 Å². The molecule has 1 saturated carbocycles. The largest absolute Gasteiger partial charge is 0.391 e. The van der Waals surface area contributed by atoms with Crippen molar-refractivity contribution in [1.29, 1.82) is 0 Å². The second-order valence-electron chi connectivity index (χ2n) is 9.85. The Balaban J connectivity index is 1.74. The van der Waals surface area contributed by atoms with Crippen molar-refractivity contribution in [3.8, 4) is 0 Å². The highest BCUT2D eigenvalue weighted by atomic mass is 35.5. The number of hydrogen-bond acceptors (Lipinski definition) is 4. The summed E-state index contributed by atoms with van der Waals surface area (Å²) in [6.45, 7) is 2.46. The fourth-order valence-electron chi connectivity index (χ4n) is 5.89. The molecule has 0 amide bonds. The fraction of sp³-hybridized carbons (Fsp3) is 0.393. The zero-order valence-electron chi connectivity index (χ0n) is 21.5. The smallest absolute Gasteiger partial charge is 0.324 e. The number of anilines is 1. The maximum absolute atomic E-state index is 13.5. The summed E-state index contributed by atoms with van der Waals surface area (Å²) >= 11 is 12.4. The van der Waals surface area contributed by atoms with Gasteiger partial charge in [0, 0.05) is 40.8 Å². The lowest BCUT2D eigenvalue weighted by atomic mass is 9.79. The van der Waals surface area contributed by atoms with E-state index < -0.39 is 17.8 Å². The number of carbonyl (C=O) groups is 1. The molecule has 2 aromatic carbocycles. The summed E-state index contributed by atoms with van der Waals surface area (Å²) in [5.74, 6) is -0.579. The number of aldehydes is 1. The molecule has 1 N–H and O–H groups in total. The van der Waals surface area contributed by atoms with Crippen LogP contribution in [0.15, 0.2) is 69.9 Å². The van der Waals surface area contributed by atoms with Crippen LogP contribution in [0.25, 0.3) is 0 Å². The Labute approximate surface area is 235 Å². The predicted molar refractivity (Wildman–Crippen MR) is 148 cm³/mol. The maximum atomic E-state index is 13.5. The second kappa shape index (κ2) is 10.5. The van der Waals surface area contributed by atoms with Gasteiger partial charge in [0.15, 0.2) is 6.29 Å². The third kappa shape index (κ3) is 4.69. The minimum absolute atomic E-state index is 0.00000609. The number of halogens is 5. The normalized spacial score (nSPS) is 26.4. The number of guanidine groups is 1. The summed E-state index contributed by atoms with van der Waals surface area (Å²) in [6, 6.07) is 14.2. The first kappa shape index (κ1) is 27.5. The van der Waals surface area contributed by atoms with E-state index in [-0.39, 0.29) is 18.8 Å². The Morgan fingerprint density at radius 1 is 1.05 bits per heavy atom. The molecule has 206 valence electrons. The van der Waals surface area contributed by atoms with Crippen LogP contribution in [0.2, 0.25) is 10.0 Å². The number of nitrogens with zero attached hydrogens (tertiary/aromatic N) is 4. The lowest BCUT2D eigenvalue weighted by Gasteiger charge is -2.44. The number of allylic oxidation sites excluding steroid dienone is 1. The number of alkyl halides is 3. The van der Waals surface area contributed by atoms with Gasteiger partial charge in [-0.2, -0.15) is 13.2 Å². The molecule has 1 saturated heterocycles. The van der Waals surface area contributed by atoms with E-state index in [0.29, 0.717) is 58.3 Å².